The van der Waals surface area contributed by atoms with E-state index < -0.39 is 0 Å². The number of likely N-dealkylation sites (N-methyl/N-ethyl adjacent to an activating group) is 1. The van der Waals surface area contributed by atoms with Crippen molar-refractivity contribution >= 4 is 11.0 Å². The van der Waals surface area contributed by atoms with Gasteiger partial charge in [-0.05, 0) is 24.2 Å². The molecule has 0 saturated heterocycles. The van der Waals surface area contributed by atoms with E-state index in [1.165, 1.54) is 12.1 Å². The van der Waals surface area contributed by atoms with E-state index in [0.29, 0.717) is 49.4 Å². The SMILES string of the molecule is CCN(CCO)CCNCc1c(O)c2ncc(Cc3ccc(F)cc3)c3c2n(c1=O)CCO3. The van der Waals surface area contributed by atoms with Crippen LogP contribution in [0.1, 0.15) is 23.6 Å². The number of aliphatic hydroxyl groups excluding tert-OH is 1. The number of halogens is 1. The number of pyridine rings is 2. The fourth-order valence-electron chi connectivity index (χ4n) is 4.20. The number of nitrogens with one attached hydrogen (secondary N) is 1. The molecular weight excluding hydrogens is 427 g/mol. The predicted octanol–water partition coefficient (Wildman–Crippen LogP) is 1.63. The van der Waals surface area contributed by atoms with Crippen LogP contribution in [-0.2, 0) is 19.5 Å². The topological polar surface area (TPSA) is 99.9 Å². The molecule has 3 aromatic rings. The number of aromatic hydroxyl groups is 1. The first kappa shape index (κ1) is 23.2. The summed E-state index contributed by atoms with van der Waals surface area (Å²) in [6.07, 6.45) is 2.12. The Kier molecular flexibility index (Phi) is 7.22. The van der Waals surface area contributed by atoms with E-state index >= 15 is 0 Å². The Hall–Kier alpha value is -3.01. The summed E-state index contributed by atoms with van der Waals surface area (Å²) < 4.78 is 20.8. The first-order chi connectivity index (χ1) is 16.0. The van der Waals surface area contributed by atoms with Gasteiger partial charge in [-0.25, -0.2) is 4.39 Å². The number of rotatable bonds is 10. The van der Waals surface area contributed by atoms with Crippen LogP contribution in [0.25, 0.3) is 11.0 Å². The summed E-state index contributed by atoms with van der Waals surface area (Å²) in [6.45, 7) is 5.81. The predicted molar refractivity (Wildman–Crippen MR) is 123 cm³/mol. The molecule has 4 rings (SSSR count). The molecule has 1 aromatic carbocycles. The van der Waals surface area contributed by atoms with Crippen molar-refractivity contribution in [1.82, 2.24) is 19.8 Å². The van der Waals surface area contributed by atoms with Crippen LogP contribution in [0.15, 0.2) is 35.3 Å². The number of ether oxygens (including phenoxy) is 1. The van der Waals surface area contributed by atoms with Crippen molar-refractivity contribution in [3.63, 3.8) is 0 Å². The quantitative estimate of drug-likeness (QED) is 0.399. The van der Waals surface area contributed by atoms with E-state index in [-0.39, 0.29) is 35.8 Å². The summed E-state index contributed by atoms with van der Waals surface area (Å²) in [5.41, 5.74) is 2.51. The molecule has 176 valence electrons. The molecule has 1 aliphatic rings. The Balaban J connectivity index is 1.62. The smallest absolute Gasteiger partial charge is 0.259 e. The lowest BCUT2D eigenvalue weighted by molar-refractivity contribution is 0.202. The monoisotopic (exact) mass is 456 g/mol. The van der Waals surface area contributed by atoms with Crippen LogP contribution in [0.5, 0.6) is 11.5 Å². The molecule has 33 heavy (non-hydrogen) atoms. The number of hydrogen-bond acceptors (Lipinski definition) is 7. The molecule has 8 nitrogen and oxygen atoms in total. The highest BCUT2D eigenvalue weighted by Crippen LogP contribution is 2.36. The summed E-state index contributed by atoms with van der Waals surface area (Å²) in [6, 6.07) is 6.21. The van der Waals surface area contributed by atoms with E-state index in [1.807, 2.05) is 6.92 Å². The lowest BCUT2D eigenvalue weighted by Gasteiger charge is -2.24. The molecule has 3 N–H and O–H groups in total. The van der Waals surface area contributed by atoms with Gasteiger partial charge in [0.25, 0.3) is 5.56 Å². The maximum atomic E-state index is 13.3. The molecule has 0 amide bonds. The Morgan fingerprint density at radius 2 is 2.06 bits per heavy atom. The standard InChI is InChI=1S/C24H29FN4O4/c1-2-28(9-11-30)8-7-26-15-19-22(31)20-21-23(33-12-10-29(21)24(19)32)17(14-27-20)13-16-3-5-18(25)6-4-16/h3-6,14,26,30-31H,2,7-13,15H2,1H3. The second kappa shape index (κ2) is 10.3. The van der Waals surface area contributed by atoms with Crippen LogP contribution < -0.4 is 15.6 Å². The van der Waals surface area contributed by atoms with E-state index in [9.17, 15) is 14.3 Å². The third kappa shape index (κ3) is 4.85. The van der Waals surface area contributed by atoms with E-state index in [2.05, 4.69) is 15.2 Å². The zero-order valence-corrected chi connectivity index (χ0v) is 18.7. The van der Waals surface area contributed by atoms with Gasteiger partial charge in [0, 0.05) is 44.4 Å². The molecule has 0 fully saturated rings. The molecule has 9 heteroatoms. The number of hydrogen-bond donors (Lipinski definition) is 3. The molecule has 0 spiro atoms. The second-order valence-corrected chi connectivity index (χ2v) is 8.08. The maximum absolute atomic E-state index is 13.3. The van der Waals surface area contributed by atoms with Gasteiger partial charge in [0.1, 0.15) is 23.5 Å². The van der Waals surface area contributed by atoms with Gasteiger partial charge in [-0.2, -0.15) is 0 Å². The molecule has 0 saturated carbocycles. The van der Waals surface area contributed by atoms with Gasteiger partial charge in [-0.15, -0.1) is 0 Å². The minimum atomic E-state index is -0.302. The molecule has 1 aliphatic heterocycles. The summed E-state index contributed by atoms with van der Waals surface area (Å²) in [4.78, 5) is 19.8. The minimum Gasteiger partial charge on any atom is -0.505 e. The molecule has 0 atom stereocenters. The number of aliphatic hydroxyl groups is 1. The third-order valence-corrected chi connectivity index (χ3v) is 6.00. The van der Waals surface area contributed by atoms with Gasteiger partial charge < -0.3 is 25.2 Å². The minimum absolute atomic E-state index is 0.100. The summed E-state index contributed by atoms with van der Waals surface area (Å²) in [5, 5.41) is 23.2. The Morgan fingerprint density at radius 3 is 2.79 bits per heavy atom. The fourth-order valence-corrected chi connectivity index (χ4v) is 4.20. The van der Waals surface area contributed by atoms with Crippen molar-refractivity contribution in [3.8, 4) is 11.5 Å². The molecule has 0 radical (unpaired) electrons. The van der Waals surface area contributed by atoms with Crippen molar-refractivity contribution in [2.45, 2.75) is 26.4 Å². The van der Waals surface area contributed by atoms with Crippen LogP contribution in [0, 0.1) is 5.82 Å². The Labute approximate surface area is 191 Å². The van der Waals surface area contributed by atoms with E-state index in [1.54, 1.807) is 22.9 Å². The average molecular weight is 457 g/mol. The first-order valence-corrected chi connectivity index (χ1v) is 11.2. The largest absolute Gasteiger partial charge is 0.505 e. The van der Waals surface area contributed by atoms with Gasteiger partial charge in [0.15, 0.2) is 11.5 Å². The maximum Gasteiger partial charge on any atom is 0.259 e. The van der Waals surface area contributed by atoms with Crippen molar-refractivity contribution in [1.29, 1.82) is 0 Å². The Bertz CT molecular complexity index is 1180. The van der Waals surface area contributed by atoms with Gasteiger partial charge in [-0.3, -0.25) is 14.3 Å². The molecular formula is C24H29FN4O4. The van der Waals surface area contributed by atoms with Gasteiger partial charge >= 0.3 is 0 Å². The zero-order chi connectivity index (χ0) is 23.4. The van der Waals surface area contributed by atoms with Crippen LogP contribution in [-0.4, -0.2) is 64.1 Å². The van der Waals surface area contributed by atoms with Crippen LogP contribution in [0.3, 0.4) is 0 Å². The van der Waals surface area contributed by atoms with Crippen molar-refractivity contribution < 1.29 is 19.3 Å². The molecule has 0 bridgehead atoms. The third-order valence-electron chi connectivity index (χ3n) is 6.00. The Morgan fingerprint density at radius 1 is 1.27 bits per heavy atom. The van der Waals surface area contributed by atoms with Crippen LogP contribution >= 0.6 is 0 Å². The second-order valence-electron chi connectivity index (χ2n) is 8.08. The fraction of sp³-hybridized carbons (Fsp3) is 0.417. The molecule has 0 unspecified atom stereocenters. The average Bonchev–Trinajstić information content (AvgIpc) is 2.83. The highest BCUT2D eigenvalue weighted by Gasteiger charge is 2.25. The zero-order valence-electron chi connectivity index (χ0n) is 18.7. The summed E-state index contributed by atoms with van der Waals surface area (Å²) in [5.74, 6) is 0.0929. The van der Waals surface area contributed by atoms with Crippen molar-refractivity contribution in [2.75, 3.05) is 39.4 Å². The lowest BCUT2D eigenvalue weighted by Crippen LogP contribution is -2.36. The highest BCUT2D eigenvalue weighted by molar-refractivity contribution is 5.88. The molecule has 2 aromatic heterocycles. The van der Waals surface area contributed by atoms with Gasteiger partial charge in [0.05, 0.1) is 18.7 Å². The van der Waals surface area contributed by atoms with E-state index in [4.69, 9.17) is 9.84 Å². The molecule has 0 aliphatic carbocycles. The lowest BCUT2D eigenvalue weighted by atomic mass is 10.0. The van der Waals surface area contributed by atoms with Crippen molar-refractivity contribution in [2.24, 2.45) is 0 Å². The number of aromatic nitrogens is 2. The summed E-state index contributed by atoms with van der Waals surface area (Å²) >= 11 is 0. The molecule has 3 heterocycles. The van der Waals surface area contributed by atoms with Gasteiger partial charge in [-0.1, -0.05) is 19.1 Å². The normalized spacial score (nSPS) is 13.0. The van der Waals surface area contributed by atoms with E-state index in [0.717, 1.165) is 24.2 Å². The highest BCUT2D eigenvalue weighted by atomic mass is 19.1. The van der Waals surface area contributed by atoms with Crippen LogP contribution in [0.2, 0.25) is 0 Å². The van der Waals surface area contributed by atoms with Crippen molar-refractivity contribution in [3.05, 3.63) is 63.3 Å². The van der Waals surface area contributed by atoms with Gasteiger partial charge in [0.2, 0.25) is 0 Å². The summed E-state index contributed by atoms with van der Waals surface area (Å²) in [7, 11) is 0. The first-order valence-electron chi connectivity index (χ1n) is 11.2. The number of nitrogens with zero attached hydrogens (tertiary/aromatic N) is 3. The van der Waals surface area contributed by atoms with Crippen LogP contribution in [0.4, 0.5) is 4.39 Å². The number of benzene rings is 1.